The van der Waals surface area contributed by atoms with E-state index in [1.807, 2.05) is 20.1 Å². The van der Waals surface area contributed by atoms with E-state index in [9.17, 15) is 9.59 Å². The average molecular weight is 233 g/mol. The molecule has 0 saturated carbocycles. The summed E-state index contributed by atoms with van der Waals surface area (Å²) in [6, 6.07) is -1.14. The van der Waals surface area contributed by atoms with Gasteiger partial charge in [0.25, 0.3) is 0 Å². The first-order valence-electron chi connectivity index (χ1n) is 4.82. The van der Waals surface area contributed by atoms with Crippen LogP contribution in [0.2, 0.25) is 0 Å². The van der Waals surface area contributed by atoms with E-state index >= 15 is 0 Å². The van der Waals surface area contributed by atoms with Gasteiger partial charge in [-0.3, -0.25) is 4.79 Å². The molecule has 0 spiro atoms. The Morgan fingerprint density at radius 3 is 2.33 bits per heavy atom. The summed E-state index contributed by atoms with van der Waals surface area (Å²) in [5.74, 6) is 0.619. The lowest BCUT2D eigenvalue weighted by molar-refractivity contribution is -0.123. The van der Waals surface area contributed by atoms with E-state index in [0.717, 1.165) is 5.75 Å². The van der Waals surface area contributed by atoms with Gasteiger partial charge in [-0.05, 0) is 32.3 Å². The Morgan fingerprint density at radius 1 is 1.33 bits per heavy atom. The van der Waals surface area contributed by atoms with E-state index in [2.05, 4.69) is 10.6 Å². The van der Waals surface area contributed by atoms with Crippen LogP contribution in [0.3, 0.4) is 0 Å². The third-order valence-electron chi connectivity index (χ3n) is 1.67. The van der Waals surface area contributed by atoms with Crippen LogP contribution in [0.1, 0.15) is 20.3 Å². The summed E-state index contributed by atoms with van der Waals surface area (Å²) < 4.78 is 0. The van der Waals surface area contributed by atoms with Crippen LogP contribution in [0.15, 0.2) is 0 Å². The number of nitrogens with two attached hydrogens (primary N) is 1. The first kappa shape index (κ1) is 14.1. The standard InChI is InChI=1S/C9H19N3O2S/c1-6(2)11-8(13)7(4-5-15-3)12-9(10)14/h6-7H,4-5H2,1-3H3,(H,11,13)(H3,10,12,14). The molecule has 88 valence electrons. The third kappa shape index (κ3) is 7.07. The highest BCUT2D eigenvalue weighted by Gasteiger charge is 2.19. The first-order valence-corrected chi connectivity index (χ1v) is 6.22. The zero-order valence-electron chi connectivity index (χ0n) is 9.37. The first-order chi connectivity index (χ1) is 6.97. The molecule has 0 radical (unpaired) electrons. The molecule has 0 aromatic carbocycles. The molecular weight excluding hydrogens is 214 g/mol. The molecule has 1 atom stereocenters. The number of nitrogens with one attached hydrogen (secondary N) is 2. The Bertz CT molecular complexity index is 221. The summed E-state index contributed by atoms with van der Waals surface area (Å²) in [5, 5.41) is 5.17. The number of primary amides is 1. The van der Waals surface area contributed by atoms with Gasteiger partial charge in [-0.2, -0.15) is 11.8 Å². The fourth-order valence-corrected chi connectivity index (χ4v) is 1.53. The normalized spacial score (nSPS) is 12.3. The molecule has 0 bridgehead atoms. The van der Waals surface area contributed by atoms with Crippen LogP contribution in [-0.2, 0) is 4.79 Å². The maximum Gasteiger partial charge on any atom is 0.312 e. The van der Waals surface area contributed by atoms with Gasteiger partial charge in [0.15, 0.2) is 0 Å². The summed E-state index contributed by atoms with van der Waals surface area (Å²) in [6.45, 7) is 3.74. The lowest BCUT2D eigenvalue weighted by Gasteiger charge is -2.18. The second-order valence-corrected chi connectivity index (χ2v) is 4.49. The number of hydrogen-bond donors (Lipinski definition) is 3. The minimum Gasteiger partial charge on any atom is -0.352 e. The Hall–Kier alpha value is -0.910. The number of amides is 3. The molecule has 0 saturated heterocycles. The lowest BCUT2D eigenvalue weighted by Crippen LogP contribution is -2.50. The lowest BCUT2D eigenvalue weighted by atomic mass is 10.2. The molecule has 15 heavy (non-hydrogen) atoms. The van der Waals surface area contributed by atoms with E-state index in [1.165, 1.54) is 0 Å². The van der Waals surface area contributed by atoms with E-state index in [4.69, 9.17) is 5.73 Å². The zero-order valence-corrected chi connectivity index (χ0v) is 10.2. The van der Waals surface area contributed by atoms with Gasteiger partial charge in [-0.15, -0.1) is 0 Å². The van der Waals surface area contributed by atoms with E-state index in [-0.39, 0.29) is 11.9 Å². The summed E-state index contributed by atoms with van der Waals surface area (Å²) in [4.78, 5) is 22.3. The van der Waals surface area contributed by atoms with Crippen molar-refractivity contribution in [2.75, 3.05) is 12.0 Å². The topological polar surface area (TPSA) is 84.2 Å². The predicted octanol–water partition coefficient (Wildman–Crippen LogP) is 0.301. The summed E-state index contributed by atoms with van der Waals surface area (Å²) >= 11 is 1.62. The van der Waals surface area contributed by atoms with Gasteiger partial charge in [0.05, 0.1) is 0 Å². The van der Waals surface area contributed by atoms with E-state index in [0.29, 0.717) is 6.42 Å². The molecule has 0 aliphatic rings. The molecule has 0 heterocycles. The molecule has 0 rings (SSSR count). The summed E-state index contributed by atoms with van der Waals surface area (Å²) in [7, 11) is 0. The minimum absolute atomic E-state index is 0.0592. The number of thioether (sulfide) groups is 1. The number of rotatable bonds is 6. The molecule has 5 nitrogen and oxygen atoms in total. The maximum absolute atomic E-state index is 11.6. The molecule has 0 aliphatic heterocycles. The van der Waals surface area contributed by atoms with Crippen molar-refractivity contribution in [2.24, 2.45) is 5.73 Å². The number of carbonyl (C=O) groups is 2. The highest BCUT2D eigenvalue weighted by molar-refractivity contribution is 7.98. The maximum atomic E-state index is 11.6. The van der Waals surface area contributed by atoms with Crippen molar-refractivity contribution in [3.8, 4) is 0 Å². The van der Waals surface area contributed by atoms with Gasteiger partial charge in [0.1, 0.15) is 6.04 Å². The largest absolute Gasteiger partial charge is 0.352 e. The van der Waals surface area contributed by atoms with Crippen molar-refractivity contribution in [1.82, 2.24) is 10.6 Å². The van der Waals surface area contributed by atoms with Crippen molar-refractivity contribution in [1.29, 1.82) is 0 Å². The monoisotopic (exact) mass is 233 g/mol. The Labute approximate surface area is 94.5 Å². The predicted molar refractivity (Wildman–Crippen MR) is 62.8 cm³/mol. The number of urea groups is 1. The summed E-state index contributed by atoms with van der Waals surface area (Å²) in [6.07, 6.45) is 2.53. The van der Waals surface area contributed by atoms with Gasteiger partial charge in [-0.1, -0.05) is 0 Å². The minimum atomic E-state index is -0.667. The van der Waals surface area contributed by atoms with Crippen molar-refractivity contribution in [3.05, 3.63) is 0 Å². The van der Waals surface area contributed by atoms with Gasteiger partial charge in [0.2, 0.25) is 5.91 Å². The average Bonchev–Trinajstić information content (AvgIpc) is 2.10. The number of hydrogen-bond acceptors (Lipinski definition) is 3. The Morgan fingerprint density at radius 2 is 1.93 bits per heavy atom. The molecule has 3 amide bonds. The van der Waals surface area contributed by atoms with Crippen LogP contribution < -0.4 is 16.4 Å². The van der Waals surface area contributed by atoms with Gasteiger partial charge >= 0.3 is 6.03 Å². The molecule has 0 fully saturated rings. The fraction of sp³-hybridized carbons (Fsp3) is 0.778. The van der Waals surface area contributed by atoms with Crippen LogP contribution in [-0.4, -0.2) is 36.0 Å². The van der Waals surface area contributed by atoms with Crippen LogP contribution in [0.25, 0.3) is 0 Å². The Balaban J connectivity index is 4.20. The highest BCUT2D eigenvalue weighted by atomic mass is 32.2. The number of carbonyl (C=O) groups excluding carboxylic acids is 2. The van der Waals surface area contributed by atoms with Crippen LogP contribution in [0.4, 0.5) is 4.79 Å². The van der Waals surface area contributed by atoms with Crippen LogP contribution >= 0.6 is 11.8 Å². The zero-order chi connectivity index (χ0) is 11.8. The van der Waals surface area contributed by atoms with E-state index in [1.54, 1.807) is 11.8 Å². The van der Waals surface area contributed by atoms with Gasteiger partial charge < -0.3 is 16.4 Å². The van der Waals surface area contributed by atoms with Crippen molar-refractivity contribution in [3.63, 3.8) is 0 Å². The Kier molecular flexibility index (Phi) is 6.94. The van der Waals surface area contributed by atoms with Crippen molar-refractivity contribution in [2.45, 2.75) is 32.4 Å². The van der Waals surface area contributed by atoms with Crippen LogP contribution in [0.5, 0.6) is 0 Å². The van der Waals surface area contributed by atoms with Crippen molar-refractivity contribution >= 4 is 23.7 Å². The summed E-state index contributed by atoms with van der Waals surface area (Å²) in [5.41, 5.74) is 5.00. The SMILES string of the molecule is CSCCC(NC(N)=O)C(=O)NC(C)C. The second kappa shape index (κ2) is 7.39. The molecule has 6 heteroatoms. The molecule has 0 aliphatic carbocycles. The van der Waals surface area contributed by atoms with E-state index < -0.39 is 12.1 Å². The molecule has 4 N–H and O–H groups in total. The second-order valence-electron chi connectivity index (χ2n) is 3.51. The van der Waals surface area contributed by atoms with Gasteiger partial charge in [0, 0.05) is 6.04 Å². The van der Waals surface area contributed by atoms with Crippen LogP contribution in [0, 0.1) is 0 Å². The molecule has 0 aromatic heterocycles. The van der Waals surface area contributed by atoms with Gasteiger partial charge in [-0.25, -0.2) is 4.79 Å². The quantitative estimate of drug-likeness (QED) is 0.617. The fourth-order valence-electron chi connectivity index (χ4n) is 1.06. The highest BCUT2D eigenvalue weighted by Crippen LogP contribution is 2.01. The molecule has 0 aromatic rings. The third-order valence-corrected chi connectivity index (χ3v) is 2.32. The molecular formula is C9H19N3O2S. The van der Waals surface area contributed by atoms with Crippen molar-refractivity contribution < 1.29 is 9.59 Å². The molecule has 1 unspecified atom stereocenters. The smallest absolute Gasteiger partial charge is 0.312 e.